The molecule has 0 aliphatic carbocycles. The first-order chi connectivity index (χ1) is 12.0. The van der Waals surface area contributed by atoms with Gasteiger partial charge in [0.25, 0.3) is 0 Å². The van der Waals surface area contributed by atoms with Crippen LogP contribution in [0.5, 0.6) is 5.75 Å². The lowest BCUT2D eigenvalue weighted by atomic mass is 10.1. The lowest BCUT2D eigenvalue weighted by molar-refractivity contribution is 0.205. The number of fused-ring (bicyclic) bond motifs is 1. The summed E-state index contributed by atoms with van der Waals surface area (Å²) in [6, 6.07) is 3.75. The number of urea groups is 1. The van der Waals surface area contributed by atoms with E-state index in [1.807, 2.05) is 20.0 Å². The predicted molar refractivity (Wildman–Crippen MR) is 92.2 cm³/mol. The Morgan fingerprint density at radius 2 is 2.20 bits per heavy atom. The Labute approximate surface area is 146 Å². The standard InChI is InChI=1S/C18H21FN4O2/c1-11(2)17-20-9-12-6-7-23(10-15(12)21-17)18(24)22-14-5-4-13(19)8-16(14)25-3/h4-5,8-9,11H,6-7,10H2,1-3H3,(H,22,24). The molecule has 3 rings (SSSR count). The number of ether oxygens (including phenoxy) is 1. The highest BCUT2D eigenvalue weighted by molar-refractivity contribution is 5.91. The summed E-state index contributed by atoms with van der Waals surface area (Å²) in [6.45, 7) is 5.07. The van der Waals surface area contributed by atoms with Gasteiger partial charge in [0.1, 0.15) is 17.4 Å². The average molecular weight is 344 g/mol. The number of nitrogens with zero attached hydrogens (tertiary/aromatic N) is 3. The van der Waals surface area contributed by atoms with Gasteiger partial charge in [-0.1, -0.05) is 13.8 Å². The molecule has 0 unspecified atom stereocenters. The second kappa shape index (κ2) is 7.04. The molecule has 2 aromatic rings. The van der Waals surface area contributed by atoms with Gasteiger partial charge in [-0.3, -0.25) is 0 Å². The van der Waals surface area contributed by atoms with Crippen molar-refractivity contribution < 1.29 is 13.9 Å². The van der Waals surface area contributed by atoms with Crippen LogP contribution in [0.25, 0.3) is 0 Å². The van der Waals surface area contributed by atoms with E-state index in [-0.39, 0.29) is 17.7 Å². The molecule has 0 atom stereocenters. The molecule has 1 aromatic carbocycles. The molecule has 0 saturated carbocycles. The molecular weight excluding hydrogens is 323 g/mol. The van der Waals surface area contributed by atoms with Crippen molar-refractivity contribution in [1.29, 1.82) is 0 Å². The van der Waals surface area contributed by atoms with Crippen LogP contribution in [0.4, 0.5) is 14.9 Å². The molecule has 25 heavy (non-hydrogen) atoms. The number of halogens is 1. The predicted octanol–water partition coefficient (Wildman–Crippen LogP) is 3.34. The van der Waals surface area contributed by atoms with E-state index in [9.17, 15) is 9.18 Å². The van der Waals surface area contributed by atoms with Crippen molar-refractivity contribution in [3.8, 4) is 5.75 Å². The fraction of sp³-hybridized carbons (Fsp3) is 0.389. The fourth-order valence-corrected chi connectivity index (χ4v) is 2.73. The first-order valence-electron chi connectivity index (χ1n) is 8.22. The van der Waals surface area contributed by atoms with E-state index in [0.29, 0.717) is 25.2 Å². The van der Waals surface area contributed by atoms with Crippen LogP contribution in [-0.2, 0) is 13.0 Å². The highest BCUT2D eigenvalue weighted by Crippen LogP contribution is 2.26. The van der Waals surface area contributed by atoms with Gasteiger partial charge in [-0.25, -0.2) is 19.2 Å². The summed E-state index contributed by atoms with van der Waals surface area (Å²) < 4.78 is 18.4. The minimum Gasteiger partial charge on any atom is -0.494 e. The fourth-order valence-electron chi connectivity index (χ4n) is 2.73. The number of rotatable bonds is 3. The molecule has 1 aliphatic heterocycles. The average Bonchev–Trinajstić information content (AvgIpc) is 2.62. The van der Waals surface area contributed by atoms with Crippen molar-refractivity contribution in [3.05, 3.63) is 47.3 Å². The summed E-state index contributed by atoms with van der Waals surface area (Å²) in [5.74, 6) is 0.883. The van der Waals surface area contributed by atoms with E-state index in [1.165, 1.54) is 25.3 Å². The molecule has 1 aliphatic rings. The molecule has 2 heterocycles. The third-order valence-electron chi connectivity index (χ3n) is 4.17. The Bertz CT molecular complexity index is 795. The van der Waals surface area contributed by atoms with E-state index in [2.05, 4.69) is 15.3 Å². The lowest BCUT2D eigenvalue weighted by Gasteiger charge is -2.28. The molecule has 7 heteroatoms. The van der Waals surface area contributed by atoms with Gasteiger partial charge >= 0.3 is 6.03 Å². The number of carbonyl (C=O) groups excluding carboxylic acids is 1. The number of hydrogen-bond acceptors (Lipinski definition) is 4. The van der Waals surface area contributed by atoms with E-state index in [0.717, 1.165) is 17.1 Å². The van der Waals surface area contributed by atoms with Gasteiger partial charge in [-0.15, -0.1) is 0 Å². The Hall–Kier alpha value is -2.70. The normalized spacial score (nSPS) is 13.6. The summed E-state index contributed by atoms with van der Waals surface area (Å²) in [5, 5.41) is 2.78. The maximum absolute atomic E-state index is 13.3. The van der Waals surface area contributed by atoms with Crippen LogP contribution >= 0.6 is 0 Å². The molecule has 1 N–H and O–H groups in total. The van der Waals surface area contributed by atoms with Gasteiger partial charge < -0.3 is 15.0 Å². The molecule has 132 valence electrons. The van der Waals surface area contributed by atoms with Crippen molar-refractivity contribution in [2.75, 3.05) is 19.0 Å². The minimum absolute atomic E-state index is 0.234. The Kier molecular flexibility index (Phi) is 4.83. The third-order valence-corrected chi connectivity index (χ3v) is 4.17. The number of aromatic nitrogens is 2. The van der Waals surface area contributed by atoms with E-state index in [1.54, 1.807) is 4.90 Å². The van der Waals surface area contributed by atoms with Crippen molar-refractivity contribution in [1.82, 2.24) is 14.9 Å². The smallest absolute Gasteiger partial charge is 0.322 e. The van der Waals surface area contributed by atoms with Crippen LogP contribution in [0.2, 0.25) is 0 Å². The van der Waals surface area contributed by atoms with E-state index < -0.39 is 5.82 Å². The summed E-state index contributed by atoms with van der Waals surface area (Å²) in [5.41, 5.74) is 2.39. The number of nitrogens with one attached hydrogen (secondary N) is 1. The van der Waals surface area contributed by atoms with Gasteiger partial charge in [0, 0.05) is 24.7 Å². The van der Waals surface area contributed by atoms with Crippen LogP contribution in [-0.4, -0.2) is 34.6 Å². The van der Waals surface area contributed by atoms with E-state index in [4.69, 9.17) is 4.74 Å². The summed E-state index contributed by atoms with van der Waals surface area (Å²) in [4.78, 5) is 23.2. The molecule has 1 aromatic heterocycles. The number of anilines is 1. The lowest BCUT2D eigenvalue weighted by Crippen LogP contribution is -2.39. The number of carbonyl (C=O) groups is 1. The van der Waals surface area contributed by atoms with Crippen LogP contribution in [0.15, 0.2) is 24.4 Å². The van der Waals surface area contributed by atoms with Crippen molar-refractivity contribution in [2.24, 2.45) is 0 Å². The monoisotopic (exact) mass is 344 g/mol. The first kappa shape index (κ1) is 17.1. The van der Waals surface area contributed by atoms with Crippen LogP contribution in [0, 0.1) is 5.82 Å². The van der Waals surface area contributed by atoms with Crippen molar-refractivity contribution in [3.63, 3.8) is 0 Å². The number of benzene rings is 1. The third kappa shape index (κ3) is 3.70. The molecule has 2 amide bonds. The quantitative estimate of drug-likeness (QED) is 0.927. The van der Waals surface area contributed by atoms with E-state index >= 15 is 0 Å². The second-order valence-electron chi connectivity index (χ2n) is 6.30. The van der Waals surface area contributed by atoms with Gasteiger partial charge in [0.15, 0.2) is 0 Å². The minimum atomic E-state index is -0.417. The molecule has 0 fully saturated rings. The summed E-state index contributed by atoms with van der Waals surface area (Å²) in [7, 11) is 1.44. The topological polar surface area (TPSA) is 67.3 Å². The van der Waals surface area contributed by atoms with Crippen LogP contribution in [0.1, 0.15) is 36.8 Å². The SMILES string of the molecule is COc1cc(F)ccc1NC(=O)N1CCc2cnc(C(C)C)nc2C1. The maximum atomic E-state index is 13.3. The Morgan fingerprint density at radius 1 is 1.40 bits per heavy atom. The second-order valence-corrected chi connectivity index (χ2v) is 6.30. The molecule has 0 saturated heterocycles. The largest absolute Gasteiger partial charge is 0.494 e. The van der Waals surface area contributed by atoms with Crippen molar-refractivity contribution in [2.45, 2.75) is 32.7 Å². The van der Waals surface area contributed by atoms with Gasteiger partial charge in [0.2, 0.25) is 0 Å². The summed E-state index contributed by atoms with van der Waals surface area (Å²) >= 11 is 0. The van der Waals surface area contributed by atoms with Crippen LogP contribution < -0.4 is 10.1 Å². The van der Waals surface area contributed by atoms with Gasteiger partial charge in [-0.05, 0) is 24.1 Å². The molecule has 0 bridgehead atoms. The zero-order valence-electron chi connectivity index (χ0n) is 14.5. The number of amides is 2. The Balaban J connectivity index is 1.75. The first-order valence-corrected chi connectivity index (χ1v) is 8.22. The number of methoxy groups -OCH3 is 1. The van der Waals surface area contributed by atoms with Gasteiger partial charge in [-0.2, -0.15) is 0 Å². The van der Waals surface area contributed by atoms with Gasteiger partial charge in [0.05, 0.1) is 25.0 Å². The highest BCUT2D eigenvalue weighted by Gasteiger charge is 2.23. The van der Waals surface area contributed by atoms with Crippen LogP contribution in [0.3, 0.4) is 0 Å². The molecule has 6 nitrogen and oxygen atoms in total. The highest BCUT2D eigenvalue weighted by atomic mass is 19.1. The zero-order chi connectivity index (χ0) is 18.0. The Morgan fingerprint density at radius 3 is 2.92 bits per heavy atom. The molecular formula is C18H21FN4O2. The zero-order valence-corrected chi connectivity index (χ0v) is 14.5. The summed E-state index contributed by atoms with van der Waals surface area (Å²) in [6.07, 6.45) is 2.57. The maximum Gasteiger partial charge on any atom is 0.322 e. The molecule has 0 radical (unpaired) electrons. The molecule has 0 spiro atoms. The number of hydrogen-bond donors (Lipinski definition) is 1. The van der Waals surface area contributed by atoms with Crippen molar-refractivity contribution >= 4 is 11.7 Å².